The van der Waals surface area contributed by atoms with Gasteiger partial charge in [-0.3, -0.25) is 9.59 Å². The summed E-state index contributed by atoms with van der Waals surface area (Å²) in [5.41, 5.74) is 2.71. The molecule has 1 aliphatic heterocycles. The summed E-state index contributed by atoms with van der Waals surface area (Å²) in [6, 6.07) is 8.20. The highest BCUT2D eigenvalue weighted by molar-refractivity contribution is 6.05. The smallest absolute Gasteiger partial charge is 0.354 e. The molecule has 134 valence electrons. The van der Waals surface area contributed by atoms with E-state index in [-0.39, 0.29) is 23.1 Å². The van der Waals surface area contributed by atoms with E-state index in [1.165, 1.54) is 18.3 Å². The number of rotatable bonds is 5. The Hall–Kier alpha value is -3.22. The van der Waals surface area contributed by atoms with E-state index < -0.39 is 5.97 Å². The molecule has 2 N–H and O–H groups in total. The van der Waals surface area contributed by atoms with Gasteiger partial charge >= 0.3 is 5.97 Å². The lowest BCUT2D eigenvalue weighted by Crippen LogP contribution is -2.35. The molecule has 0 radical (unpaired) electrons. The Bertz CT molecular complexity index is 862. The molecule has 0 fully saturated rings. The van der Waals surface area contributed by atoms with Crippen molar-refractivity contribution in [3.63, 3.8) is 0 Å². The fourth-order valence-electron chi connectivity index (χ4n) is 2.96. The van der Waals surface area contributed by atoms with Crippen LogP contribution in [0.4, 0.5) is 11.4 Å². The Morgan fingerprint density at radius 3 is 2.69 bits per heavy atom. The quantitative estimate of drug-likeness (QED) is 0.861. The number of benzene rings is 1. The molecule has 0 bridgehead atoms. The molecule has 3 rings (SSSR count). The first-order valence-electron chi connectivity index (χ1n) is 8.43. The molecule has 0 unspecified atom stereocenters. The minimum Gasteiger partial charge on any atom is -0.477 e. The molecule has 7 heteroatoms. The maximum atomic E-state index is 12.3. The summed E-state index contributed by atoms with van der Waals surface area (Å²) in [6.45, 7) is 2.71. The van der Waals surface area contributed by atoms with Crippen molar-refractivity contribution < 1.29 is 19.5 Å². The van der Waals surface area contributed by atoms with E-state index in [0.29, 0.717) is 25.1 Å². The van der Waals surface area contributed by atoms with Gasteiger partial charge in [0.1, 0.15) is 5.69 Å². The second-order valence-electron chi connectivity index (χ2n) is 6.08. The monoisotopic (exact) mass is 353 g/mol. The number of carboxylic acid groups (broad SMARTS) is 1. The topological polar surface area (TPSA) is 99.6 Å². The van der Waals surface area contributed by atoms with Crippen molar-refractivity contribution in [1.29, 1.82) is 0 Å². The predicted molar refractivity (Wildman–Crippen MR) is 96.6 cm³/mol. The lowest BCUT2D eigenvalue weighted by Gasteiger charge is -2.29. The molecular weight excluding hydrogens is 334 g/mol. The highest BCUT2D eigenvalue weighted by atomic mass is 16.4. The number of aryl methyl sites for hydroxylation is 1. The van der Waals surface area contributed by atoms with E-state index in [1.807, 2.05) is 19.1 Å². The first kappa shape index (κ1) is 17.6. The van der Waals surface area contributed by atoms with Crippen molar-refractivity contribution in [2.45, 2.75) is 26.2 Å². The van der Waals surface area contributed by atoms with Gasteiger partial charge in [0.15, 0.2) is 0 Å². The molecule has 7 nitrogen and oxygen atoms in total. The number of aromatic nitrogens is 1. The number of nitrogens with one attached hydrogen (secondary N) is 1. The van der Waals surface area contributed by atoms with Crippen LogP contribution in [0.25, 0.3) is 0 Å². The normalized spacial score (nSPS) is 13.3. The fourth-order valence-corrected chi connectivity index (χ4v) is 2.96. The van der Waals surface area contributed by atoms with Crippen LogP contribution in [0.5, 0.6) is 0 Å². The van der Waals surface area contributed by atoms with E-state index >= 15 is 0 Å². The van der Waals surface area contributed by atoms with Crippen molar-refractivity contribution in [3.05, 3.63) is 53.3 Å². The van der Waals surface area contributed by atoms with Crippen LogP contribution in [0.15, 0.2) is 36.5 Å². The fraction of sp³-hybridized carbons (Fsp3) is 0.263. The van der Waals surface area contributed by atoms with Gasteiger partial charge in [0.2, 0.25) is 5.91 Å². The van der Waals surface area contributed by atoms with Gasteiger partial charge in [-0.2, -0.15) is 0 Å². The summed E-state index contributed by atoms with van der Waals surface area (Å²) in [4.78, 5) is 40.7. The van der Waals surface area contributed by atoms with Gasteiger partial charge in [0, 0.05) is 30.5 Å². The number of amides is 2. The first-order valence-corrected chi connectivity index (χ1v) is 8.43. The summed E-state index contributed by atoms with van der Waals surface area (Å²) in [6.07, 6.45) is 3.22. The Balaban J connectivity index is 1.77. The molecular formula is C19H19N3O4. The van der Waals surface area contributed by atoms with Crippen LogP contribution in [0.1, 0.15) is 46.2 Å². The Labute approximate surface area is 150 Å². The molecule has 2 aromatic rings. The van der Waals surface area contributed by atoms with Crippen LogP contribution in [-0.2, 0) is 11.2 Å². The number of carbonyl (C=O) groups excluding carboxylic acids is 2. The average Bonchev–Trinajstić information content (AvgIpc) is 2.64. The number of hydrogen-bond donors (Lipinski definition) is 2. The summed E-state index contributed by atoms with van der Waals surface area (Å²) >= 11 is 0. The SMILES string of the molecule is CCCN1C(=O)CCc2cc(NC(=O)c3ccc(C(=O)O)nc3)ccc21. The summed E-state index contributed by atoms with van der Waals surface area (Å²) in [5, 5.41) is 11.6. The van der Waals surface area contributed by atoms with Crippen molar-refractivity contribution in [1.82, 2.24) is 4.98 Å². The van der Waals surface area contributed by atoms with E-state index in [1.54, 1.807) is 11.0 Å². The molecule has 1 aromatic heterocycles. The van der Waals surface area contributed by atoms with E-state index in [0.717, 1.165) is 17.7 Å². The van der Waals surface area contributed by atoms with Crippen molar-refractivity contribution in [3.8, 4) is 0 Å². The minimum atomic E-state index is -1.14. The zero-order chi connectivity index (χ0) is 18.7. The third-order valence-corrected chi connectivity index (χ3v) is 4.23. The molecule has 1 aliphatic rings. The van der Waals surface area contributed by atoms with E-state index in [4.69, 9.17) is 5.11 Å². The number of aromatic carboxylic acids is 1. The van der Waals surface area contributed by atoms with Crippen molar-refractivity contribution in [2.24, 2.45) is 0 Å². The van der Waals surface area contributed by atoms with Gasteiger partial charge in [-0.15, -0.1) is 0 Å². The second kappa shape index (κ2) is 7.35. The largest absolute Gasteiger partial charge is 0.477 e. The van der Waals surface area contributed by atoms with Crippen LogP contribution in [-0.4, -0.2) is 34.4 Å². The molecule has 1 aromatic carbocycles. The van der Waals surface area contributed by atoms with Crippen LogP contribution < -0.4 is 10.2 Å². The van der Waals surface area contributed by atoms with Crippen molar-refractivity contribution in [2.75, 3.05) is 16.8 Å². The number of fused-ring (bicyclic) bond motifs is 1. The second-order valence-corrected chi connectivity index (χ2v) is 6.08. The number of anilines is 2. The lowest BCUT2D eigenvalue weighted by molar-refractivity contribution is -0.118. The average molecular weight is 353 g/mol. The third kappa shape index (κ3) is 3.56. The lowest BCUT2D eigenvalue weighted by atomic mass is 10.00. The molecule has 0 spiro atoms. The Kier molecular flexibility index (Phi) is 4.97. The van der Waals surface area contributed by atoms with E-state index in [2.05, 4.69) is 10.3 Å². The third-order valence-electron chi connectivity index (χ3n) is 4.23. The van der Waals surface area contributed by atoms with Gasteiger partial charge < -0.3 is 15.3 Å². The maximum Gasteiger partial charge on any atom is 0.354 e. The Morgan fingerprint density at radius 2 is 2.04 bits per heavy atom. The van der Waals surface area contributed by atoms with E-state index in [9.17, 15) is 14.4 Å². The van der Waals surface area contributed by atoms with Crippen LogP contribution in [0, 0.1) is 0 Å². The number of carbonyl (C=O) groups is 3. The minimum absolute atomic E-state index is 0.115. The highest BCUT2D eigenvalue weighted by Crippen LogP contribution is 2.30. The molecule has 2 heterocycles. The zero-order valence-corrected chi connectivity index (χ0v) is 14.4. The number of pyridine rings is 1. The Morgan fingerprint density at radius 1 is 1.23 bits per heavy atom. The zero-order valence-electron chi connectivity index (χ0n) is 14.4. The van der Waals surface area contributed by atoms with Crippen molar-refractivity contribution >= 4 is 29.2 Å². The summed E-state index contributed by atoms with van der Waals surface area (Å²) in [5.74, 6) is -1.38. The molecule has 0 aliphatic carbocycles. The van der Waals surface area contributed by atoms with Gasteiger partial charge in [-0.1, -0.05) is 6.92 Å². The molecule has 0 saturated heterocycles. The van der Waals surface area contributed by atoms with Crippen LogP contribution in [0.3, 0.4) is 0 Å². The highest BCUT2D eigenvalue weighted by Gasteiger charge is 2.23. The van der Waals surface area contributed by atoms with Crippen LogP contribution in [0.2, 0.25) is 0 Å². The summed E-state index contributed by atoms with van der Waals surface area (Å²) in [7, 11) is 0. The number of carboxylic acids is 1. The molecule has 0 atom stereocenters. The number of hydrogen-bond acceptors (Lipinski definition) is 4. The first-order chi connectivity index (χ1) is 12.5. The summed E-state index contributed by atoms with van der Waals surface area (Å²) < 4.78 is 0. The maximum absolute atomic E-state index is 12.3. The van der Waals surface area contributed by atoms with Gasteiger partial charge in [-0.05, 0) is 48.7 Å². The van der Waals surface area contributed by atoms with Crippen LogP contribution >= 0.6 is 0 Å². The standard InChI is InChI=1S/C19H19N3O4/c1-2-9-22-16-7-5-14(10-12(16)4-8-17(22)23)21-18(24)13-3-6-15(19(25)26)20-11-13/h3,5-7,10-11H,2,4,8-9H2,1H3,(H,21,24)(H,25,26). The predicted octanol–water partition coefficient (Wildman–Crippen LogP) is 2.72. The molecule has 0 saturated carbocycles. The molecule has 2 amide bonds. The van der Waals surface area contributed by atoms with Gasteiger partial charge in [0.25, 0.3) is 5.91 Å². The van der Waals surface area contributed by atoms with Gasteiger partial charge in [0.05, 0.1) is 5.56 Å². The number of nitrogens with zero attached hydrogens (tertiary/aromatic N) is 2. The van der Waals surface area contributed by atoms with Gasteiger partial charge in [-0.25, -0.2) is 9.78 Å². The molecule has 26 heavy (non-hydrogen) atoms.